The fourth-order valence-corrected chi connectivity index (χ4v) is 3.58. The second-order valence-corrected chi connectivity index (χ2v) is 7.64. The molecule has 156 valence electrons. The van der Waals surface area contributed by atoms with Gasteiger partial charge in [0.05, 0.1) is 5.56 Å². The van der Waals surface area contributed by atoms with E-state index in [1.807, 2.05) is 30.3 Å². The topological polar surface area (TPSA) is 58.6 Å². The molecule has 0 radical (unpaired) electrons. The van der Waals surface area contributed by atoms with Crippen LogP contribution in [0.1, 0.15) is 32.6 Å². The van der Waals surface area contributed by atoms with Gasteiger partial charge >= 0.3 is 5.97 Å². The van der Waals surface area contributed by atoms with Gasteiger partial charge in [-0.3, -0.25) is 0 Å². The van der Waals surface area contributed by atoms with Gasteiger partial charge in [0.25, 0.3) is 0 Å². The van der Waals surface area contributed by atoms with Crippen LogP contribution >= 0.6 is 0 Å². The summed E-state index contributed by atoms with van der Waals surface area (Å²) in [5.74, 6) is -0.0429. The minimum absolute atomic E-state index is 0.296. The second kappa shape index (κ2) is 9.45. The van der Waals surface area contributed by atoms with Gasteiger partial charge in [0, 0.05) is 18.7 Å². The zero-order valence-corrected chi connectivity index (χ0v) is 17.5. The van der Waals surface area contributed by atoms with E-state index in [9.17, 15) is 4.79 Å². The van der Waals surface area contributed by atoms with Crippen molar-refractivity contribution < 1.29 is 14.6 Å². The number of carboxylic acid groups (broad SMARTS) is 1. The van der Waals surface area contributed by atoms with E-state index in [1.54, 1.807) is 12.1 Å². The molecule has 0 aromatic heterocycles. The standard InChI is InChI=1S/C27H25NO3/c1-19-6-8-21(9-7-19)18-31-26-15-14-22-4-2-3-5-24(22)25(26)17-28-16-20-10-12-23(13-11-20)27(29)30/h2-15,28H,16-18H2,1H3,(H,29,30). The molecule has 0 saturated heterocycles. The van der Waals surface area contributed by atoms with Crippen LogP contribution in [0.15, 0.2) is 84.9 Å². The molecule has 4 nitrogen and oxygen atoms in total. The highest BCUT2D eigenvalue weighted by molar-refractivity contribution is 5.88. The SMILES string of the molecule is Cc1ccc(COc2ccc3ccccc3c2CNCc2ccc(C(=O)O)cc2)cc1. The van der Waals surface area contributed by atoms with Crippen molar-refractivity contribution in [3.63, 3.8) is 0 Å². The van der Waals surface area contributed by atoms with E-state index < -0.39 is 5.97 Å². The van der Waals surface area contributed by atoms with E-state index in [1.165, 1.54) is 10.9 Å². The summed E-state index contributed by atoms with van der Waals surface area (Å²) in [6.45, 7) is 3.88. The third-order valence-electron chi connectivity index (χ3n) is 5.34. The van der Waals surface area contributed by atoms with Gasteiger partial charge in [-0.25, -0.2) is 4.79 Å². The lowest BCUT2D eigenvalue weighted by atomic mass is 10.0. The molecular formula is C27H25NO3. The molecule has 4 aromatic rings. The fraction of sp³-hybridized carbons (Fsp3) is 0.148. The van der Waals surface area contributed by atoms with Crippen molar-refractivity contribution in [2.24, 2.45) is 0 Å². The summed E-state index contributed by atoms with van der Waals surface area (Å²) < 4.78 is 6.21. The summed E-state index contributed by atoms with van der Waals surface area (Å²) in [4.78, 5) is 11.0. The van der Waals surface area contributed by atoms with Gasteiger partial charge in [-0.15, -0.1) is 0 Å². The average molecular weight is 412 g/mol. The Balaban J connectivity index is 1.50. The Labute approximate surface area is 182 Å². The maximum atomic E-state index is 11.0. The number of fused-ring (bicyclic) bond motifs is 1. The van der Waals surface area contributed by atoms with E-state index in [-0.39, 0.29) is 0 Å². The first-order valence-electron chi connectivity index (χ1n) is 10.3. The van der Waals surface area contributed by atoms with Crippen molar-refractivity contribution in [1.82, 2.24) is 5.32 Å². The van der Waals surface area contributed by atoms with Crippen molar-refractivity contribution >= 4 is 16.7 Å². The van der Waals surface area contributed by atoms with E-state index in [0.717, 1.165) is 27.8 Å². The number of ether oxygens (including phenoxy) is 1. The number of benzene rings is 4. The summed E-state index contributed by atoms with van der Waals surface area (Å²) in [6.07, 6.45) is 0. The first-order valence-corrected chi connectivity index (χ1v) is 10.3. The molecule has 31 heavy (non-hydrogen) atoms. The maximum absolute atomic E-state index is 11.0. The van der Waals surface area contributed by atoms with Crippen LogP contribution in [-0.4, -0.2) is 11.1 Å². The highest BCUT2D eigenvalue weighted by Gasteiger charge is 2.10. The molecule has 0 aliphatic heterocycles. The lowest BCUT2D eigenvalue weighted by molar-refractivity contribution is 0.0697. The van der Waals surface area contributed by atoms with Crippen LogP contribution in [0, 0.1) is 6.92 Å². The first-order chi connectivity index (χ1) is 15.1. The number of nitrogens with one attached hydrogen (secondary N) is 1. The number of rotatable bonds is 8. The number of aryl methyl sites for hydroxylation is 1. The van der Waals surface area contributed by atoms with Gasteiger partial charge < -0.3 is 15.2 Å². The molecule has 2 N–H and O–H groups in total. The van der Waals surface area contributed by atoms with Gasteiger partial charge in [-0.05, 0) is 47.0 Å². The van der Waals surface area contributed by atoms with Crippen molar-refractivity contribution in [2.45, 2.75) is 26.6 Å². The normalized spacial score (nSPS) is 10.9. The van der Waals surface area contributed by atoms with Crippen LogP contribution in [0.5, 0.6) is 5.75 Å². The molecule has 0 spiro atoms. The number of carboxylic acids is 1. The van der Waals surface area contributed by atoms with Crippen LogP contribution < -0.4 is 10.1 Å². The number of carbonyl (C=O) groups is 1. The third kappa shape index (κ3) is 5.11. The Hall–Kier alpha value is -3.63. The van der Waals surface area contributed by atoms with Crippen LogP contribution in [0.3, 0.4) is 0 Å². The van der Waals surface area contributed by atoms with E-state index in [4.69, 9.17) is 9.84 Å². The minimum atomic E-state index is -0.911. The minimum Gasteiger partial charge on any atom is -0.489 e. The summed E-state index contributed by atoms with van der Waals surface area (Å²) in [7, 11) is 0. The van der Waals surface area contributed by atoms with E-state index in [2.05, 4.69) is 54.7 Å². The molecule has 0 bridgehead atoms. The van der Waals surface area contributed by atoms with Crippen LogP contribution in [0.4, 0.5) is 0 Å². The number of hydrogen-bond donors (Lipinski definition) is 2. The predicted molar refractivity (Wildman–Crippen MR) is 123 cm³/mol. The van der Waals surface area contributed by atoms with Crippen LogP contribution in [0.25, 0.3) is 10.8 Å². The lowest BCUT2D eigenvalue weighted by Crippen LogP contribution is -2.14. The molecule has 0 amide bonds. The maximum Gasteiger partial charge on any atom is 0.335 e. The number of aromatic carboxylic acids is 1. The Bertz CT molecular complexity index is 1180. The fourth-order valence-electron chi connectivity index (χ4n) is 3.58. The smallest absolute Gasteiger partial charge is 0.335 e. The Morgan fingerprint density at radius 1 is 0.839 bits per heavy atom. The molecule has 0 atom stereocenters. The quantitative estimate of drug-likeness (QED) is 0.390. The largest absolute Gasteiger partial charge is 0.489 e. The molecular weight excluding hydrogens is 386 g/mol. The van der Waals surface area contributed by atoms with E-state index >= 15 is 0 Å². The zero-order chi connectivity index (χ0) is 21.6. The van der Waals surface area contributed by atoms with Gasteiger partial charge in [-0.2, -0.15) is 0 Å². The monoisotopic (exact) mass is 411 g/mol. The molecule has 0 saturated carbocycles. The molecule has 0 fully saturated rings. The molecule has 4 rings (SSSR count). The molecule has 0 aliphatic rings. The summed E-state index contributed by atoms with van der Waals surface area (Å²) in [5, 5.41) is 14.9. The molecule has 4 aromatic carbocycles. The predicted octanol–water partition coefficient (Wildman–Crippen LogP) is 5.72. The highest BCUT2D eigenvalue weighted by atomic mass is 16.5. The summed E-state index contributed by atoms with van der Waals surface area (Å²) >= 11 is 0. The lowest BCUT2D eigenvalue weighted by Gasteiger charge is -2.15. The van der Waals surface area contributed by atoms with Crippen molar-refractivity contribution in [3.8, 4) is 5.75 Å². The van der Waals surface area contributed by atoms with Gasteiger partial charge in [0.15, 0.2) is 0 Å². The number of hydrogen-bond acceptors (Lipinski definition) is 3. The molecule has 4 heteroatoms. The van der Waals surface area contributed by atoms with Gasteiger partial charge in [0.1, 0.15) is 12.4 Å². The third-order valence-corrected chi connectivity index (χ3v) is 5.34. The summed E-state index contributed by atoms with van der Waals surface area (Å²) in [5.41, 5.74) is 4.82. The van der Waals surface area contributed by atoms with Crippen molar-refractivity contribution in [3.05, 3.63) is 113 Å². The molecule has 0 heterocycles. The van der Waals surface area contributed by atoms with Gasteiger partial charge in [0.2, 0.25) is 0 Å². The van der Waals surface area contributed by atoms with Crippen molar-refractivity contribution in [2.75, 3.05) is 0 Å². The van der Waals surface area contributed by atoms with Crippen LogP contribution in [0.2, 0.25) is 0 Å². The Morgan fingerprint density at radius 2 is 1.55 bits per heavy atom. The van der Waals surface area contributed by atoms with E-state index in [0.29, 0.717) is 25.3 Å². The Kier molecular flexibility index (Phi) is 6.29. The highest BCUT2D eigenvalue weighted by Crippen LogP contribution is 2.29. The molecule has 0 unspecified atom stereocenters. The van der Waals surface area contributed by atoms with Gasteiger partial charge in [-0.1, -0.05) is 72.3 Å². The van der Waals surface area contributed by atoms with Crippen molar-refractivity contribution in [1.29, 1.82) is 0 Å². The Morgan fingerprint density at radius 3 is 2.29 bits per heavy atom. The van der Waals surface area contributed by atoms with Crippen LogP contribution in [-0.2, 0) is 19.7 Å². The average Bonchev–Trinajstić information content (AvgIpc) is 2.79. The zero-order valence-electron chi connectivity index (χ0n) is 17.5. The second-order valence-electron chi connectivity index (χ2n) is 7.64. The summed E-state index contributed by atoms with van der Waals surface area (Å²) in [6, 6.07) is 27.8. The molecule has 0 aliphatic carbocycles. The first kappa shape index (κ1) is 20.6.